The fraction of sp³-hybridized carbons (Fsp3) is 1.00. The van der Waals surface area contributed by atoms with Crippen LogP contribution in [0.25, 0.3) is 0 Å². The predicted molar refractivity (Wildman–Crippen MR) is 103 cm³/mol. The first-order valence-corrected chi connectivity index (χ1v) is 10.8. The highest BCUT2D eigenvalue weighted by molar-refractivity contribution is 4.97. The Kier molecular flexibility index (Phi) is 9.38. The predicted octanol–water partition coefficient (Wildman–Crippen LogP) is -5.47. The summed E-state index contributed by atoms with van der Waals surface area (Å²) in [4.78, 5) is 0. The first-order chi connectivity index (χ1) is 15.6. The minimum Gasteiger partial charge on any atom is -0.394 e. The molecular formula is C19H34O14. The van der Waals surface area contributed by atoms with Gasteiger partial charge in [-0.3, -0.25) is 0 Å². The topological polar surface area (TPSA) is 228 Å². The van der Waals surface area contributed by atoms with Crippen molar-refractivity contribution in [3.63, 3.8) is 0 Å². The van der Waals surface area contributed by atoms with Crippen molar-refractivity contribution in [3.05, 3.63) is 0 Å². The number of hydrogen-bond acceptors (Lipinski definition) is 14. The van der Waals surface area contributed by atoms with E-state index in [1.807, 2.05) is 0 Å². The Hall–Kier alpha value is -0.560. The van der Waals surface area contributed by atoms with Gasteiger partial charge in [-0.05, 0) is 6.92 Å². The molecule has 0 aromatic heterocycles. The van der Waals surface area contributed by atoms with Gasteiger partial charge in [-0.25, -0.2) is 0 Å². The largest absolute Gasteiger partial charge is 0.394 e. The molecule has 3 heterocycles. The van der Waals surface area contributed by atoms with Crippen LogP contribution >= 0.6 is 0 Å². The van der Waals surface area contributed by atoms with E-state index < -0.39 is 106 Å². The number of hydrogen-bond donors (Lipinski definition) is 9. The fourth-order valence-corrected chi connectivity index (χ4v) is 4.22. The molecule has 0 bridgehead atoms. The van der Waals surface area contributed by atoms with Gasteiger partial charge in [0.2, 0.25) is 0 Å². The van der Waals surface area contributed by atoms with Crippen molar-refractivity contribution in [1.82, 2.24) is 0 Å². The zero-order valence-corrected chi connectivity index (χ0v) is 18.0. The maximum atomic E-state index is 10.8. The minimum absolute atomic E-state index is 0.0618. The van der Waals surface area contributed by atoms with Crippen LogP contribution < -0.4 is 0 Å². The monoisotopic (exact) mass is 486 g/mol. The molecule has 3 saturated heterocycles. The Labute approximate surface area is 189 Å². The highest BCUT2D eigenvalue weighted by Gasteiger charge is 2.53. The molecular weight excluding hydrogens is 452 g/mol. The van der Waals surface area contributed by atoms with E-state index in [1.165, 1.54) is 6.92 Å². The van der Waals surface area contributed by atoms with Crippen LogP contribution in [0, 0.1) is 0 Å². The van der Waals surface area contributed by atoms with Crippen molar-refractivity contribution in [2.24, 2.45) is 0 Å². The van der Waals surface area contributed by atoms with E-state index in [1.54, 1.807) is 0 Å². The van der Waals surface area contributed by atoms with Crippen molar-refractivity contribution in [1.29, 1.82) is 0 Å². The maximum Gasteiger partial charge on any atom is 0.187 e. The van der Waals surface area contributed by atoms with Crippen molar-refractivity contribution in [3.8, 4) is 0 Å². The molecule has 194 valence electrons. The third-order valence-electron chi connectivity index (χ3n) is 6.19. The van der Waals surface area contributed by atoms with E-state index in [2.05, 4.69) is 0 Å². The zero-order valence-electron chi connectivity index (χ0n) is 18.0. The van der Waals surface area contributed by atoms with Gasteiger partial charge in [0.1, 0.15) is 54.9 Å². The van der Waals surface area contributed by atoms with Crippen LogP contribution in [-0.4, -0.2) is 152 Å². The molecule has 14 nitrogen and oxygen atoms in total. The molecule has 0 saturated carbocycles. The summed E-state index contributed by atoms with van der Waals surface area (Å²) in [7, 11) is 0. The molecule has 3 fully saturated rings. The normalized spacial score (nSPS) is 49.8. The van der Waals surface area contributed by atoms with Crippen LogP contribution in [0.15, 0.2) is 0 Å². The Morgan fingerprint density at radius 1 is 0.788 bits per heavy atom. The van der Waals surface area contributed by atoms with Gasteiger partial charge in [0, 0.05) is 6.42 Å². The number of aliphatic hydroxyl groups is 9. The van der Waals surface area contributed by atoms with Crippen molar-refractivity contribution < 1.29 is 69.6 Å². The third-order valence-corrected chi connectivity index (χ3v) is 6.19. The Balaban J connectivity index is 1.77. The molecule has 14 heteroatoms. The van der Waals surface area contributed by atoms with Gasteiger partial charge in [0.05, 0.1) is 38.1 Å². The van der Waals surface area contributed by atoms with Gasteiger partial charge < -0.3 is 69.6 Å². The maximum absolute atomic E-state index is 10.8. The van der Waals surface area contributed by atoms with E-state index in [0.717, 1.165) is 0 Å². The standard InChI is InChI=1S/C19H34O14/c1-6-11(25)17(15(29-6)9(24)4-21)33-19-14(28)16(13(27)10(5-22)31-19)32-18-12(26)8(23)2-7(3-20)30-18/h6-28H,2-5H2,1H3/t6?,7?,8?,9-,10?,11?,12?,13+,14?,15+,16?,17?,18+,19-/m1/s1. The van der Waals surface area contributed by atoms with Crippen LogP contribution in [0.2, 0.25) is 0 Å². The molecule has 33 heavy (non-hydrogen) atoms. The first kappa shape index (κ1) is 27.0. The first-order valence-electron chi connectivity index (χ1n) is 10.8. The summed E-state index contributed by atoms with van der Waals surface area (Å²) < 4.78 is 27.4. The van der Waals surface area contributed by atoms with Gasteiger partial charge in [-0.15, -0.1) is 0 Å². The molecule has 0 aliphatic carbocycles. The summed E-state index contributed by atoms with van der Waals surface area (Å²) in [5.74, 6) is 0. The van der Waals surface area contributed by atoms with Crippen LogP contribution in [0.1, 0.15) is 13.3 Å². The van der Waals surface area contributed by atoms with Crippen LogP contribution in [0.5, 0.6) is 0 Å². The number of rotatable bonds is 8. The molecule has 0 amide bonds. The van der Waals surface area contributed by atoms with E-state index in [4.69, 9.17) is 23.7 Å². The highest BCUT2D eigenvalue weighted by atomic mass is 16.7. The van der Waals surface area contributed by atoms with Gasteiger partial charge >= 0.3 is 0 Å². The summed E-state index contributed by atoms with van der Waals surface area (Å²) in [6.07, 6.45) is -19.0. The van der Waals surface area contributed by atoms with Crippen molar-refractivity contribution in [2.75, 3.05) is 19.8 Å². The molecule has 3 aliphatic heterocycles. The lowest BCUT2D eigenvalue weighted by Crippen LogP contribution is -2.63. The van der Waals surface area contributed by atoms with Crippen molar-refractivity contribution in [2.45, 2.75) is 99.2 Å². The lowest BCUT2D eigenvalue weighted by Gasteiger charge is -2.45. The number of ether oxygens (including phenoxy) is 5. The molecule has 9 unspecified atom stereocenters. The Bertz CT molecular complexity index is 611. The Morgan fingerprint density at radius 3 is 2.03 bits per heavy atom. The van der Waals surface area contributed by atoms with E-state index >= 15 is 0 Å². The molecule has 9 N–H and O–H groups in total. The minimum atomic E-state index is -1.75. The Morgan fingerprint density at radius 2 is 1.42 bits per heavy atom. The number of aliphatic hydroxyl groups excluding tert-OH is 9. The SMILES string of the molecule is CC1O[C@@H]([C@H](O)CO)C(O[C@H]2OC(CO)[C@H](O)C(O[C@@H]3OC(CO)CC(O)C3O)C2O)C1O. The van der Waals surface area contributed by atoms with Gasteiger partial charge in [-0.2, -0.15) is 0 Å². The molecule has 3 aliphatic rings. The summed E-state index contributed by atoms with van der Waals surface area (Å²) >= 11 is 0. The van der Waals surface area contributed by atoms with E-state index in [0.29, 0.717) is 0 Å². The van der Waals surface area contributed by atoms with Gasteiger partial charge in [-0.1, -0.05) is 0 Å². The van der Waals surface area contributed by atoms with Crippen LogP contribution in [0.3, 0.4) is 0 Å². The fourth-order valence-electron chi connectivity index (χ4n) is 4.22. The molecule has 0 spiro atoms. The van der Waals surface area contributed by atoms with Gasteiger partial charge in [0.25, 0.3) is 0 Å². The lowest BCUT2D eigenvalue weighted by molar-refractivity contribution is -0.358. The van der Waals surface area contributed by atoms with Crippen molar-refractivity contribution >= 4 is 0 Å². The zero-order chi connectivity index (χ0) is 24.4. The average molecular weight is 486 g/mol. The molecule has 14 atom stereocenters. The molecule has 0 aromatic rings. The summed E-state index contributed by atoms with van der Waals surface area (Å²) in [6, 6.07) is 0. The van der Waals surface area contributed by atoms with E-state index in [-0.39, 0.29) is 6.42 Å². The quantitative estimate of drug-likeness (QED) is 0.156. The second kappa shape index (κ2) is 11.5. The van der Waals surface area contributed by atoms with Crippen LogP contribution in [-0.2, 0) is 23.7 Å². The summed E-state index contributed by atoms with van der Waals surface area (Å²) in [6.45, 7) is -0.362. The second-order valence-corrected chi connectivity index (χ2v) is 8.56. The summed E-state index contributed by atoms with van der Waals surface area (Å²) in [5.41, 5.74) is 0. The highest BCUT2D eigenvalue weighted by Crippen LogP contribution is 2.33. The van der Waals surface area contributed by atoms with Gasteiger partial charge in [0.15, 0.2) is 12.6 Å². The lowest BCUT2D eigenvalue weighted by atomic mass is 9.97. The third kappa shape index (κ3) is 5.65. The summed E-state index contributed by atoms with van der Waals surface area (Å²) in [5, 5.41) is 90.1. The van der Waals surface area contributed by atoms with E-state index in [9.17, 15) is 46.0 Å². The molecule has 0 aromatic carbocycles. The molecule has 0 radical (unpaired) electrons. The molecule has 3 rings (SSSR count). The average Bonchev–Trinajstić information content (AvgIpc) is 3.08. The smallest absolute Gasteiger partial charge is 0.187 e. The van der Waals surface area contributed by atoms with Crippen LogP contribution in [0.4, 0.5) is 0 Å². The second-order valence-electron chi connectivity index (χ2n) is 8.56.